The maximum atomic E-state index is 5.10. The molecule has 1 aromatic carbocycles. The van der Waals surface area contributed by atoms with Gasteiger partial charge in [-0.1, -0.05) is 42.5 Å². The number of nitrogens with zero attached hydrogens (tertiary/aromatic N) is 4. The number of aromatic nitrogens is 3. The summed E-state index contributed by atoms with van der Waals surface area (Å²) in [6, 6.07) is 25.5. The summed E-state index contributed by atoms with van der Waals surface area (Å²) in [5.41, 5.74) is 7.39. The number of anilines is 1. The van der Waals surface area contributed by atoms with Crippen LogP contribution in [0.15, 0.2) is 85.2 Å². The van der Waals surface area contributed by atoms with E-state index in [0.717, 1.165) is 69.3 Å². The minimum atomic E-state index is 0.770. The fraction of sp³-hybridized carbons (Fsp3) is 0.323. The SMILES string of the molecule is c1ccc(CNCCN(Cc2ccc(CNCc3ccccn3)cc2)c2ccc3c(n2)CCCC3)nc1. The summed E-state index contributed by atoms with van der Waals surface area (Å²) in [5.74, 6) is 1.07. The molecule has 3 heterocycles. The first-order valence-corrected chi connectivity index (χ1v) is 13.4. The van der Waals surface area contributed by atoms with Crippen molar-refractivity contribution in [3.63, 3.8) is 0 Å². The van der Waals surface area contributed by atoms with Crippen LogP contribution in [0.1, 0.15) is 46.6 Å². The Morgan fingerprint density at radius 1 is 0.676 bits per heavy atom. The van der Waals surface area contributed by atoms with Crippen molar-refractivity contribution < 1.29 is 0 Å². The van der Waals surface area contributed by atoms with E-state index in [1.165, 1.54) is 35.2 Å². The van der Waals surface area contributed by atoms with Crippen LogP contribution in [0.5, 0.6) is 0 Å². The van der Waals surface area contributed by atoms with E-state index in [-0.39, 0.29) is 0 Å². The lowest BCUT2D eigenvalue weighted by Crippen LogP contribution is -2.32. The minimum Gasteiger partial charge on any atom is -0.351 e. The van der Waals surface area contributed by atoms with Gasteiger partial charge in [-0.05, 0) is 72.7 Å². The highest BCUT2D eigenvalue weighted by Crippen LogP contribution is 2.24. The third-order valence-electron chi connectivity index (χ3n) is 6.84. The maximum absolute atomic E-state index is 5.10. The average molecular weight is 493 g/mol. The highest BCUT2D eigenvalue weighted by Gasteiger charge is 2.15. The zero-order valence-corrected chi connectivity index (χ0v) is 21.4. The Morgan fingerprint density at radius 3 is 2.11 bits per heavy atom. The Bertz CT molecular complexity index is 1230. The molecule has 0 radical (unpaired) electrons. The average Bonchev–Trinajstić information content (AvgIpc) is 2.96. The number of hydrogen-bond acceptors (Lipinski definition) is 6. The molecule has 0 spiro atoms. The molecule has 2 N–H and O–H groups in total. The summed E-state index contributed by atoms with van der Waals surface area (Å²) in [6.45, 7) is 4.94. The Hall–Kier alpha value is -3.61. The molecule has 5 rings (SSSR count). The van der Waals surface area contributed by atoms with Crippen molar-refractivity contribution in [3.05, 3.63) is 119 Å². The Morgan fingerprint density at radius 2 is 1.38 bits per heavy atom. The maximum Gasteiger partial charge on any atom is 0.129 e. The first-order chi connectivity index (χ1) is 18.3. The molecule has 1 aliphatic rings. The van der Waals surface area contributed by atoms with Crippen molar-refractivity contribution in [1.29, 1.82) is 0 Å². The summed E-state index contributed by atoms with van der Waals surface area (Å²) in [6.07, 6.45) is 8.45. The summed E-state index contributed by atoms with van der Waals surface area (Å²) >= 11 is 0. The van der Waals surface area contributed by atoms with Crippen LogP contribution in [0.3, 0.4) is 0 Å². The van der Waals surface area contributed by atoms with Crippen LogP contribution in [0, 0.1) is 0 Å². The first-order valence-electron chi connectivity index (χ1n) is 13.4. The predicted molar refractivity (Wildman–Crippen MR) is 149 cm³/mol. The lowest BCUT2D eigenvalue weighted by Gasteiger charge is -2.26. The smallest absolute Gasteiger partial charge is 0.129 e. The van der Waals surface area contributed by atoms with Crippen LogP contribution in [-0.4, -0.2) is 28.0 Å². The molecule has 0 aliphatic heterocycles. The van der Waals surface area contributed by atoms with Crippen molar-refractivity contribution in [2.24, 2.45) is 0 Å². The molecule has 1 aliphatic carbocycles. The van der Waals surface area contributed by atoms with E-state index < -0.39 is 0 Å². The van der Waals surface area contributed by atoms with E-state index in [1.54, 1.807) is 0 Å². The minimum absolute atomic E-state index is 0.770. The molecule has 0 bridgehead atoms. The van der Waals surface area contributed by atoms with Crippen LogP contribution in [0.4, 0.5) is 5.82 Å². The second kappa shape index (κ2) is 13.1. The standard InChI is InChI=1S/C31H36N6/c1-2-10-30-27(7-1)15-16-31(36-30)37(20-19-32-22-28-8-3-5-17-34-28)24-26-13-11-25(12-14-26)21-33-23-29-9-4-6-18-35-29/h3-6,8-9,11-18,32-33H,1-2,7,10,19-24H2. The number of aryl methyl sites for hydroxylation is 2. The number of hydrogen-bond donors (Lipinski definition) is 2. The van der Waals surface area contributed by atoms with Gasteiger partial charge in [-0.15, -0.1) is 0 Å². The third kappa shape index (κ3) is 7.44. The monoisotopic (exact) mass is 492 g/mol. The van der Waals surface area contributed by atoms with Gasteiger partial charge >= 0.3 is 0 Å². The number of benzene rings is 1. The molecule has 6 heteroatoms. The fourth-order valence-electron chi connectivity index (χ4n) is 4.78. The van der Waals surface area contributed by atoms with Gasteiger partial charge in [0.05, 0.1) is 11.4 Å². The number of pyridine rings is 3. The zero-order chi connectivity index (χ0) is 25.1. The summed E-state index contributed by atoms with van der Waals surface area (Å²) in [5, 5.41) is 7.04. The molecule has 0 fully saturated rings. The third-order valence-corrected chi connectivity index (χ3v) is 6.84. The van der Waals surface area contributed by atoms with Gasteiger partial charge in [-0.3, -0.25) is 9.97 Å². The molecule has 37 heavy (non-hydrogen) atoms. The van der Waals surface area contributed by atoms with E-state index in [2.05, 4.69) is 68.0 Å². The van der Waals surface area contributed by atoms with Crippen molar-refractivity contribution >= 4 is 5.82 Å². The second-order valence-electron chi connectivity index (χ2n) is 9.64. The molecule has 4 aromatic rings. The summed E-state index contributed by atoms with van der Waals surface area (Å²) in [7, 11) is 0. The number of fused-ring (bicyclic) bond motifs is 1. The summed E-state index contributed by atoms with van der Waals surface area (Å²) < 4.78 is 0. The molecule has 3 aromatic heterocycles. The molecular weight excluding hydrogens is 456 g/mol. The van der Waals surface area contributed by atoms with Crippen molar-refractivity contribution in [3.8, 4) is 0 Å². The second-order valence-corrected chi connectivity index (χ2v) is 9.64. The Kier molecular flexibility index (Phi) is 8.86. The van der Waals surface area contributed by atoms with Crippen molar-refractivity contribution in [2.45, 2.75) is 51.9 Å². The van der Waals surface area contributed by atoms with Gasteiger partial charge < -0.3 is 15.5 Å². The van der Waals surface area contributed by atoms with Crippen molar-refractivity contribution in [1.82, 2.24) is 25.6 Å². The largest absolute Gasteiger partial charge is 0.351 e. The highest BCUT2D eigenvalue weighted by atomic mass is 15.2. The lowest BCUT2D eigenvalue weighted by atomic mass is 9.96. The Labute approximate surface area is 220 Å². The predicted octanol–water partition coefficient (Wildman–Crippen LogP) is 4.84. The van der Waals surface area contributed by atoms with E-state index in [4.69, 9.17) is 4.98 Å². The molecule has 0 saturated carbocycles. The van der Waals surface area contributed by atoms with Crippen LogP contribution < -0.4 is 15.5 Å². The van der Waals surface area contributed by atoms with Crippen molar-refractivity contribution in [2.75, 3.05) is 18.0 Å². The van der Waals surface area contributed by atoms with Gasteiger partial charge in [-0.2, -0.15) is 0 Å². The van der Waals surface area contributed by atoms with Crippen LogP contribution in [0.2, 0.25) is 0 Å². The fourth-order valence-corrected chi connectivity index (χ4v) is 4.78. The van der Waals surface area contributed by atoms with Gasteiger partial charge in [0.1, 0.15) is 5.82 Å². The normalized spacial score (nSPS) is 12.8. The zero-order valence-electron chi connectivity index (χ0n) is 21.4. The Balaban J connectivity index is 1.21. The highest BCUT2D eigenvalue weighted by molar-refractivity contribution is 5.43. The molecule has 0 atom stereocenters. The molecule has 6 nitrogen and oxygen atoms in total. The first kappa shape index (κ1) is 25.1. The topological polar surface area (TPSA) is 66.0 Å². The number of rotatable bonds is 12. The molecule has 0 amide bonds. The van der Waals surface area contributed by atoms with Crippen LogP contribution >= 0.6 is 0 Å². The lowest BCUT2D eigenvalue weighted by molar-refractivity contribution is 0.638. The van der Waals surface area contributed by atoms with Crippen LogP contribution in [0.25, 0.3) is 0 Å². The molecule has 190 valence electrons. The molecule has 0 saturated heterocycles. The van der Waals surface area contributed by atoms with E-state index in [9.17, 15) is 0 Å². The molecular formula is C31H36N6. The van der Waals surface area contributed by atoms with E-state index in [0.29, 0.717) is 0 Å². The quantitative estimate of drug-likeness (QED) is 0.276. The summed E-state index contributed by atoms with van der Waals surface area (Å²) in [4.78, 5) is 16.3. The van der Waals surface area contributed by atoms with Gasteiger partial charge in [0.25, 0.3) is 0 Å². The van der Waals surface area contributed by atoms with Gasteiger partial charge in [0, 0.05) is 57.4 Å². The van der Waals surface area contributed by atoms with Crippen LogP contribution in [-0.2, 0) is 39.0 Å². The van der Waals surface area contributed by atoms with Gasteiger partial charge in [0.2, 0.25) is 0 Å². The molecule has 0 unspecified atom stereocenters. The van der Waals surface area contributed by atoms with E-state index >= 15 is 0 Å². The number of nitrogens with one attached hydrogen (secondary N) is 2. The van der Waals surface area contributed by atoms with Gasteiger partial charge in [0.15, 0.2) is 0 Å². The van der Waals surface area contributed by atoms with E-state index in [1.807, 2.05) is 42.7 Å². The van der Waals surface area contributed by atoms with Gasteiger partial charge in [-0.25, -0.2) is 4.98 Å².